The lowest BCUT2D eigenvalue weighted by atomic mass is 10.2. The molecule has 1 amide bonds. The first-order valence-electron chi connectivity index (χ1n) is 8.88. The zero-order valence-corrected chi connectivity index (χ0v) is 18.1. The summed E-state index contributed by atoms with van der Waals surface area (Å²) in [7, 11) is -2.38. The highest BCUT2D eigenvalue weighted by Crippen LogP contribution is 2.24. The Bertz CT molecular complexity index is 1030. The van der Waals surface area contributed by atoms with E-state index in [1.54, 1.807) is 24.2 Å². The lowest BCUT2D eigenvalue weighted by Crippen LogP contribution is -2.50. The minimum atomic E-state index is -3.93. The zero-order valence-electron chi connectivity index (χ0n) is 15.7. The SMILES string of the molecule is COc1ccc(Br)cc1/C=C/C(=O)N1CCN(S(=O)(=O)c2ccccc2F)CC1. The summed E-state index contributed by atoms with van der Waals surface area (Å²) in [6.45, 7) is 0.672. The topological polar surface area (TPSA) is 66.9 Å². The summed E-state index contributed by atoms with van der Waals surface area (Å²) in [4.78, 5) is 13.7. The summed E-state index contributed by atoms with van der Waals surface area (Å²) in [6, 6.07) is 10.8. The Kier molecular flexibility index (Phi) is 6.71. The molecular formula is C20H20BrFN2O4S. The van der Waals surface area contributed by atoms with E-state index in [2.05, 4.69) is 15.9 Å². The van der Waals surface area contributed by atoms with Crippen molar-refractivity contribution in [2.24, 2.45) is 0 Å². The highest BCUT2D eigenvalue weighted by atomic mass is 79.9. The van der Waals surface area contributed by atoms with Gasteiger partial charge in [-0.15, -0.1) is 0 Å². The van der Waals surface area contributed by atoms with Crippen molar-refractivity contribution in [2.75, 3.05) is 33.3 Å². The van der Waals surface area contributed by atoms with Crippen LogP contribution in [0.5, 0.6) is 5.75 Å². The molecule has 1 aliphatic rings. The van der Waals surface area contributed by atoms with Crippen LogP contribution in [-0.2, 0) is 14.8 Å². The van der Waals surface area contributed by atoms with Gasteiger partial charge < -0.3 is 9.64 Å². The maximum atomic E-state index is 13.9. The number of sulfonamides is 1. The first-order chi connectivity index (χ1) is 13.8. The Labute approximate surface area is 177 Å². The van der Waals surface area contributed by atoms with Crippen LogP contribution in [-0.4, -0.2) is 56.8 Å². The van der Waals surface area contributed by atoms with Gasteiger partial charge in [0.2, 0.25) is 15.9 Å². The van der Waals surface area contributed by atoms with Crippen LogP contribution in [0.3, 0.4) is 0 Å². The number of methoxy groups -OCH3 is 1. The van der Waals surface area contributed by atoms with E-state index in [9.17, 15) is 17.6 Å². The quantitative estimate of drug-likeness (QED) is 0.613. The van der Waals surface area contributed by atoms with Gasteiger partial charge in [0, 0.05) is 42.3 Å². The lowest BCUT2D eigenvalue weighted by Gasteiger charge is -2.33. The van der Waals surface area contributed by atoms with Crippen LogP contribution in [0.25, 0.3) is 6.08 Å². The molecule has 2 aromatic rings. The van der Waals surface area contributed by atoms with E-state index < -0.39 is 15.8 Å². The van der Waals surface area contributed by atoms with E-state index in [1.807, 2.05) is 12.1 Å². The molecular weight excluding hydrogens is 463 g/mol. The van der Waals surface area contributed by atoms with Gasteiger partial charge in [0.15, 0.2) is 0 Å². The van der Waals surface area contributed by atoms with Crippen LogP contribution in [0.4, 0.5) is 4.39 Å². The van der Waals surface area contributed by atoms with Crippen LogP contribution < -0.4 is 4.74 Å². The molecule has 0 bridgehead atoms. The monoisotopic (exact) mass is 482 g/mol. The summed E-state index contributed by atoms with van der Waals surface area (Å²) in [5.41, 5.74) is 0.746. The molecule has 9 heteroatoms. The van der Waals surface area contributed by atoms with Gasteiger partial charge in [0.1, 0.15) is 16.5 Å². The van der Waals surface area contributed by atoms with E-state index in [0.717, 1.165) is 16.1 Å². The maximum absolute atomic E-state index is 13.9. The van der Waals surface area contributed by atoms with Gasteiger partial charge in [-0.2, -0.15) is 4.31 Å². The fourth-order valence-electron chi connectivity index (χ4n) is 3.04. The average molecular weight is 483 g/mol. The molecule has 0 radical (unpaired) electrons. The standard InChI is InChI=1S/C20H20BrFN2O4S/c1-28-18-8-7-16(21)14-15(18)6-9-20(25)23-10-12-24(13-11-23)29(26,27)19-5-3-2-4-17(19)22/h2-9,14H,10-13H2,1H3/b9-6+. The first kappa shape index (κ1) is 21.5. The third kappa shape index (κ3) is 4.85. The molecule has 2 aromatic carbocycles. The highest BCUT2D eigenvalue weighted by molar-refractivity contribution is 9.10. The normalized spacial score (nSPS) is 15.6. The molecule has 1 aliphatic heterocycles. The molecule has 0 unspecified atom stereocenters. The number of piperazine rings is 1. The number of nitrogens with zero attached hydrogens (tertiary/aromatic N) is 2. The summed E-state index contributed by atoms with van der Waals surface area (Å²) >= 11 is 3.38. The van der Waals surface area contributed by atoms with Gasteiger partial charge in [0.05, 0.1) is 7.11 Å². The predicted octanol–water partition coefficient (Wildman–Crippen LogP) is 3.14. The Morgan fingerprint density at radius 2 is 1.83 bits per heavy atom. The number of ether oxygens (including phenoxy) is 1. The van der Waals surface area contributed by atoms with Crippen LogP contribution in [0, 0.1) is 5.82 Å². The number of hydrogen-bond acceptors (Lipinski definition) is 4. The molecule has 0 saturated carbocycles. The van der Waals surface area contributed by atoms with Crippen molar-refractivity contribution < 1.29 is 22.3 Å². The molecule has 0 spiro atoms. The van der Waals surface area contributed by atoms with Gasteiger partial charge in [0.25, 0.3) is 0 Å². The minimum absolute atomic E-state index is 0.108. The van der Waals surface area contributed by atoms with Crippen molar-refractivity contribution in [3.8, 4) is 5.75 Å². The summed E-state index contributed by atoms with van der Waals surface area (Å²) < 4.78 is 46.5. The number of benzene rings is 2. The minimum Gasteiger partial charge on any atom is -0.496 e. The lowest BCUT2D eigenvalue weighted by molar-refractivity contribution is -0.127. The second-order valence-electron chi connectivity index (χ2n) is 6.38. The Morgan fingerprint density at radius 1 is 1.14 bits per heavy atom. The molecule has 0 N–H and O–H groups in total. The Morgan fingerprint density at radius 3 is 2.48 bits per heavy atom. The van der Waals surface area contributed by atoms with Crippen LogP contribution >= 0.6 is 15.9 Å². The summed E-state index contributed by atoms with van der Waals surface area (Å²) in [5, 5.41) is 0. The molecule has 0 aromatic heterocycles. The molecule has 1 heterocycles. The molecule has 0 atom stereocenters. The van der Waals surface area contributed by atoms with E-state index in [1.165, 1.54) is 28.6 Å². The number of amides is 1. The molecule has 6 nitrogen and oxygen atoms in total. The fraction of sp³-hybridized carbons (Fsp3) is 0.250. The number of rotatable bonds is 5. The van der Waals surface area contributed by atoms with Crippen LogP contribution in [0.1, 0.15) is 5.56 Å². The average Bonchev–Trinajstić information content (AvgIpc) is 2.72. The van der Waals surface area contributed by atoms with Crippen molar-refractivity contribution in [3.63, 3.8) is 0 Å². The number of carbonyl (C=O) groups is 1. The van der Waals surface area contributed by atoms with E-state index in [-0.39, 0.29) is 37.0 Å². The van der Waals surface area contributed by atoms with Crippen molar-refractivity contribution in [3.05, 3.63) is 64.4 Å². The molecule has 3 rings (SSSR count). The second kappa shape index (κ2) is 9.06. The summed E-state index contributed by atoms with van der Waals surface area (Å²) in [5.74, 6) is -0.370. The van der Waals surface area contributed by atoms with Crippen molar-refractivity contribution in [1.29, 1.82) is 0 Å². The molecule has 154 valence electrons. The van der Waals surface area contributed by atoms with Gasteiger partial charge in [-0.05, 0) is 36.4 Å². The predicted molar refractivity (Wildman–Crippen MR) is 111 cm³/mol. The molecule has 29 heavy (non-hydrogen) atoms. The first-order valence-corrected chi connectivity index (χ1v) is 11.1. The van der Waals surface area contributed by atoms with Gasteiger partial charge >= 0.3 is 0 Å². The number of hydrogen-bond donors (Lipinski definition) is 0. The highest BCUT2D eigenvalue weighted by Gasteiger charge is 2.31. The molecule has 0 aliphatic carbocycles. The van der Waals surface area contributed by atoms with Crippen molar-refractivity contribution in [1.82, 2.24) is 9.21 Å². The van der Waals surface area contributed by atoms with Crippen LogP contribution in [0.15, 0.2) is 57.9 Å². The molecule has 1 fully saturated rings. The van der Waals surface area contributed by atoms with E-state index in [0.29, 0.717) is 5.75 Å². The van der Waals surface area contributed by atoms with Gasteiger partial charge in [-0.3, -0.25) is 4.79 Å². The van der Waals surface area contributed by atoms with Crippen molar-refractivity contribution >= 4 is 37.9 Å². The maximum Gasteiger partial charge on any atom is 0.246 e. The number of halogens is 2. The Balaban J connectivity index is 1.66. The van der Waals surface area contributed by atoms with Gasteiger partial charge in [-0.1, -0.05) is 28.1 Å². The Hall–Kier alpha value is -2.23. The number of carbonyl (C=O) groups excluding carboxylic acids is 1. The largest absolute Gasteiger partial charge is 0.496 e. The summed E-state index contributed by atoms with van der Waals surface area (Å²) in [6.07, 6.45) is 3.10. The fourth-order valence-corrected chi connectivity index (χ4v) is 4.91. The third-order valence-corrected chi connectivity index (χ3v) is 7.03. The molecule has 1 saturated heterocycles. The van der Waals surface area contributed by atoms with Crippen LogP contribution in [0.2, 0.25) is 0 Å². The van der Waals surface area contributed by atoms with E-state index >= 15 is 0 Å². The zero-order chi connectivity index (χ0) is 21.0. The smallest absolute Gasteiger partial charge is 0.246 e. The van der Waals surface area contributed by atoms with Gasteiger partial charge in [-0.25, -0.2) is 12.8 Å². The second-order valence-corrected chi connectivity index (χ2v) is 9.20. The van der Waals surface area contributed by atoms with Crippen molar-refractivity contribution in [2.45, 2.75) is 4.90 Å². The van der Waals surface area contributed by atoms with E-state index in [4.69, 9.17) is 4.74 Å². The third-order valence-electron chi connectivity index (χ3n) is 4.60.